The predicted octanol–water partition coefficient (Wildman–Crippen LogP) is 1.65. The van der Waals surface area contributed by atoms with Crippen molar-refractivity contribution >= 4 is 9.84 Å². The normalized spacial score (nSPS) is 17.9. The molecule has 0 N–H and O–H groups in total. The Bertz CT molecular complexity index is 458. The Balaban J connectivity index is 2.23. The molecule has 17 heavy (non-hydrogen) atoms. The summed E-state index contributed by atoms with van der Waals surface area (Å²) in [7, 11) is -1.67. The Morgan fingerprint density at radius 1 is 1.18 bits per heavy atom. The molecule has 2 rings (SSSR count). The van der Waals surface area contributed by atoms with Crippen LogP contribution in [0.25, 0.3) is 0 Å². The monoisotopic (exact) mass is 256 g/mol. The van der Waals surface area contributed by atoms with E-state index in [1.54, 1.807) is 31.4 Å². The summed E-state index contributed by atoms with van der Waals surface area (Å²) in [6, 6.07) is 6.55. The Morgan fingerprint density at radius 2 is 1.76 bits per heavy atom. The van der Waals surface area contributed by atoms with E-state index in [2.05, 4.69) is 0 Å². The molecule has 0 bridgehead atoms. The van der Waals surface area contributed by atoms with Gasteiger partial charge in [-0.3, -0.25) is 0 Å². The van der Waals surface area contributed by atoms with Crippen LogP contribution in [-0.2, 0) is 14.6 Å². The highest BCUT2D eigenvalue weighted by Gasteiger charge is 2.29. The van der Waals surface area contributed by atoms with Crippen LogP contribution in [0.15, 0.2) is 29.2 Å². The van der Waals surface area contributed by atoms with Crippen molar-refractivity contribution in [3.8, 4) is 5.75 Å². The summed E-state index contributed by atoms with van der Waals surface area (Å²) in [5.41, 5.74) is 0. The quantitative estimate of drug-likeness (QED) is 0.825. The molecule has 1 aromatic rings. The summed E-state index contributed by atoms with van der Waals surface area (Å²) in [5.74, 6) is 0.663. The molecule has 1 saturated heterocycles. The van der Waals surface area contributed by atoms with Crippen molar-refractivity contribution < 1.29 is 17.9 Å². The van der Waals surface area contributed by atoms with Crippen molar-refractivity contribution in [1.29, 1.82) is 0 Å². The molecule has 0 unspecified atom stereocenters. The molecule has 0 spiro atoms. The largest absolute Gasteiger partial charge is 0.497 e. The van der Waals surface area contributed by atoms with Crippen LogP contribution in [0, 0.1) is 0 Å². The van der Waals surface area contributed by atoms with Crippen LogP contribution >= 0.6 is 0 Å². The lowest BCUT2D eigenvalue weighted by Crippen LogP contribution is -2.28. The van der Waals surface area contributed by atoms with Gasteiger partial charge in [0.05, 0.1) is 17.3 Å². The third kappa shape index (κ3) is 2.61. The van der Waals surface area contributed by atoms with Crippen LogP contribution in [0.4, 0.5) is 0 Å². The molecule has 0 aliphatic carbocycles. The van der Waals surface area contributed by atoms with Gasteiger partial charge in [0.15, 0.2) is 9.84 Å². The number of rotatable bonds is 3. The van der Waals surface area contributed by atoms with Crippen molar-refractivity contribution in [3.05, 3.63) is 24.3 Å². The topological polar surface area (TPSA) is 52.6 Å². The lowest BCUT2D eigenvalue weighted by atomic mass is 10.2. The van der Waals surface area contributed by atoms with Crippen molar-refractivity contribution in [2.45, 2.75) is 23.0 Å². The fraction of sp³-hybridized carbons (Fsp3) is 0.500. The van der Waals surface area contributed by atoms with E-state index in [0.717, 1.165) is 0 Å². The van der Waals surface area contributed by atoms with Crippen LogP contribution in [-0.4, -0.2) is 34.0 Å². The first-order valence-electron chi connectivity index (χ1n) is 5.60. The number of sulfone groups is 1. The molecule has 4 nitrogen and oxygen atoms in total. The first kappa shape index (κ1) is 12.4. The molecule has 1 heterocycles. The fourth-order valence-corrected chi connectivity index (χ4v) is 3.66. The smallest absolute Gasteiger partial charge is 0.181 e. The zero-order valence-electron chi connectivity index (χ0n) is 9.76. The number of benzene rings is 1. The maximum Gasteiger partial charge on any atom is 0.181 e. The van der Waals surface area contributed by atoms with Crippen LogP contribution in [0.2, 0.25) is 0 Å². The first-order valence-corrected chi connectivity index (χ1v) is 7.15. The average molecular weight is 256 g/mol. The van der Waals surface area contributed by atoms with E-state index < -0.39 is 9.84 Å². The summed E-state index contributed by atoms with van der Waals surface area (Å²) < 4.78 is 34.8. The molecule has 1 fully saturated rings. The van der Waals surface area contributed by atoms with Crippen LogP contribution < -0.4 is 4.74 Å². The maximum absolute atomic E-state index is 12.3. The number of ether oxygens (including phenoxy) is 2. The van der Waals surface area contributed by atoms with E-state index in [1.807, 2.05) is 0 Å². The molecule has 5 heteroatoms. The summed E-state index contributed by atoms with van der Waals surface area (Å²) in [6.07, 6.45) is 1.16. The standard InChI is InChI=1S/C12H16O4S/c1-15-10-2-4-11(5-3-10)17(13,14)12-6-8-16-9-7-12/h2-5,12H,6-9H2,1H3. The van der Waals surface area contributed by atoms with E-state index in [1.165, 1.54) is 0 Å². The van der Waals surface area contributed by atoms with Crippen molar-refractivity contribution in [2.24, 2.45) is 0 Å². The molecule has 0 saturated carbocycles. The zero-order valence-corrected chi connectivity index (χ0v) is 10.6. The zero-order chi connectivity index (χ0) is 12.3. The number of hydrogen-bond acceptors (Lipinski definition) is 4. The summed E-state index contributed by atoms with van der Waals surface area (Å²) in [4.78, 5) is 0.366. The molecule has 1 aliphatic rings. The van der Waals surface area contributed by atoms with E-state index >= 15 is 0 Å². The van der Waals surface area contributed by atoms with E-state index in [9.17, 15) is 8.42 Å². The molecule has 0 atom stereocenters. The summed E-state index contributed by atoms with van der Waals surface area (Å²) in [6.45, 7) is 1.06. The fourth-order valence-electron chi connectivity index (χ4n) is 1.94. The van der Waals surface area contributed by atoms with E-state index in [4.69, 9.17) is 9.47 Å². The maximum atomic E-state index is 12.3. The minimum Gasteiger partial charge on any atom is -0.497 e. The average Bonchev–Trinajstić information content (AvgIpc) is 2.40. The second-order valence-corrected chi connectivity index (χ2v) is 6.26. The van der Waals surface area contributed by atoms with Crippen molar-refractivity contribution in [1.82, 2.24) is 0 Å². The lowest BCUT2D eigenvalue weighted by molar-refractivity contribution is 0.0983. The molecule has 1 aliphatic heterocycles. The third-order valence-corrected chi connectivity index (χ3v) is 5.27. The molecule has 0 amide bonds. The van der Waals surface area contributed by atoms with Crippen LogP contribution in [0.5, 0.6) is 5.75 Å². The second-order valence-electron chi connectivity index (χ2n) is 4.03. The minimum absolute atomic E-state index is 0.315. The molecular weight excluding hydrogens is 240 g/mol. The van der Waals surface area contributed by atoms with Gasteiger partial charge in [-0.05, 0) is 37.1 Å². The van der Waals surface area contributed by atoms with Gasteiger partial charge in [-0.15, -0.1) is 0 Å². The Labute approximate surface area is 101 Å². The van der Waals surface area contributed by atoms with Gasteiger partial charge in [-0.2, -0.15) is 0 Å². The summed E-state index contributed by atoms with van der Waals surface area (Å²) in [5, 5.41) is -0.315. The molecule has 1 aromatic carbocycles. The molecular formula is C12H16O4S. The Hall–Kier alpha value is -1.07. The van der Waals surface area contributed by atoms with Crippen molar-refractivity contribution in [3.63, 3.8) is 0 Å². The Morgan fingerprint density at radius 3 is 2.29 bits per heavy atom. The van der Waals surface area contributed by atoms with Gasteiger partial charge in [0.1, 0.15) is 5.75 Å². The van der Waals surface area contributed by atoms with Gasteiger partial charge in [-0.25, -0.2) is 8.42 Å². The van der Waals surface area contributed by atoms with Crippen LogP contribution in [0.1, 0.15) is 12.8 Å². The van der Waals surface area contributed by atoms with E-state index in [0.29, 0.717) is 36.7 Å². The highest BCUT2D eigenvalue weighted by Crippen LogP contribution is 2.25. The SMILES string of the molecule is COc1ccc(S(=O)(=O)C2CCOCC2)cc1. The van der Waals surface area contributed by atoms with Gasteiger partial charge in [0.2, 0.25) is 0 Å². The van der Waals surface area contributed by atoms with Gasteiger partial charge < -0.3 is 9.47 Å². The second kappa shape index (κ2) is 5.06. The van der Waals surface area contributed by atoms with Gasteiger partial charge in [0.25, 0.3) is 0 Å². The highest BCUT2D eigenvalue weighted by molar-refractivity contribution is 7.92. The predicted molar refractivity (Wildman–Crippen MR) is 64.0 cm³/mol. The molecule has 0 aromatic heterocycles. The molecule has 94 valence electrons. The van der Waals surface area contributed by atoms with Gasteiger partial charge in [0, 0.05) is 13.2 Å². The number of hydrogen-bond donors (Lipinski definition) is 0. The Kier molecular flexibility index (Phi) is 3.69. The molecule has 0 radical (unpaired) electrons. The first-order chi connectivity index (χ1) is 8.14. The van der Waals surface area contributed by atoms with Crippen molar-refractivity contribution in [2.75, 3.05) is 20.3 Å². The number of methoxy groups -OCH3 is 1. The van der Waals surface area contributed by atoms with Gasteiger partial charge >= 0.3 is 0 Å². The third-order valence-electron chi connectivity index (χ3n) is 3.00. The highest BCUT2D eigenvalue weighted by atomic mass is 32.2. The lowest BCUT2D eigenvalue weighted by Gasteiger charge is -2.22. The minimum atomic E-state index is -3.22. The van der Waals surface area contributed by atoms with E-state index in [-0.39, 0.29) is 5.25 Å². The van der Waals surface area contributed by atoms with Crippen LogP contribution in [0.3, 0.4) is 0 Å². The summed E-state index contributed by atoms with van der Waals surface area (Å²) >= 11 is 0. The van der Waals surface area contributed by atoms with Gasteiger partial charge in [-0.1, -0.05) is 0 Å².